The molecule has 22 heavy (non-hydrogen) atoms. The predicted octanol–water partition coefficient (Wildman–Crippen LogP) is 2.14. The monoisotopic (exact) mass is 315 g/mol. The van der Waals surface area contributed by atoms with Gasteiger partial charge in [0.05, 0.1) is 10.6 Å². The number of benzene rings is 1. The fourth-order valence-electron chi connectivity index (χ4n) is 2.12. The third kappa shape index (κ3) is 3.23. The first-order valence-corrected chi connectivity index (χ1v) is 7.29. The molecule has 0 unspecified atom stereocenters. The average Bonchev–Trinajstić information content (AvgIpc) is 2.99. The van der Waals surface area contributed by atoms with Gasteiger partial charge < -0.3 is 5.32 Å². The molecule has 0 saturated carbocycles. The summed E-state index contributed by atoms with van der Waals surface area (Å²) in [6.07, 6.45) is 6.74. The summed E-state index contributed by atoms with van der Waals surface area (Å²) in [5.41, 5.74) is 1.54. The molecule has 0 bridgehead atoms. The quantitative estimate of drug-likeness (QED) is 0.732. The Morgan fingerprint density at radius 2 is 2.14 bits per heavy atom. The third-order valence-corrected chi connectivity index (χ3v) is 3.56. The summed E-state index contributed by atoms with van der Waals surface area (Å²) < 4.78 is 1.64. The van der Waals surface area contributed by atoms with Gasteiger partial charge in [-0.3, -0.25) is 4.79 Å². The summed E-state index contributed by atoms with van der Waals surface area (Å²) in [6.45, 7) is 0.569. The smallest absolute Gasteiger partial charge is 0.252 e. The van der Waals surface area contributed by atoms with E-state index in [-0.39, 0.29) is 5.91 Å². The van der Waals surface area contributed by atoms with Crippen molar-refractivity contribution in [2.45, 2.75) is 12.8 Å². The Hall–Kier alpha value is -2.47. The molecule has 6 nitrogen and oxygen atoms in total. The minimum Gasteiger partial charge on any atom is -0.352 e. The SMILES string of the molecule is O=C(NCCCc1cnc2ncnn2c1)c1ccccc1Cl. The molecular weight excluding hydrogens is 302 g/mol. The van der Waals surface area contributed by atoms with Crippen molar-refractivity contribution in [3.63, 3.8) is 0 Å². The van der Waals surface area contributed by atoms with Gasteiger partial charge in [0.15, 0.2) is 0 Å². The summed E-state index contributed by atoms with van der Waals surface area (Å²) in [5, 5.41) is 7.37. The lowest BCUT2D eigenvalue weighted by atomic mass is 10.2. The van der Waals surface area contributed by atoms with Gasteiger partial charge in [0, 0.05) is 18.9 Å². The maximum Gasteiger partial charge on any atom is 0.252 e. The molecule has 3 aromatic rings. The number of aryl methyl sites for hydroxylation is 1. The molecule has 7 heteroatoms. The highest BCUT2D eigenvalue weighted by atomic mass is 35.5. The Balaban J connectivity index is 1.51. The molecule has 1 N–H and O–H groups in total. The molecule has 0 saturated heterocycles. The van der Waals surface area contributed by atoms with Gasteiger partial charge in [-0.2, -0.15) is 10.1 Å². The van der Waals surface area contributed by atoms with Gasteiger partial charge in [-0.15, -0.1) is 0 Å². The van der Waals surface area contributed by atoms with E-state index in [1.807, 2.05) is 6.20 Å². The van der Waals surface area contributed by atoms with Gasteiger partial charge in [0.1, 0.15) is 6.33 Å². The summed E-state index contributed by atoms with van der Waals surface area (Å²) in [7, 11) is 0. The molecule has 2 aromatic heterocycles. The number of hydrogen-bond donors (Lipinski definition) is 1. The highest BCUT2D eigenvalue weighted by Crippen LogP contribution is 2.14. The summed E-state index contributed by atoms with van der Waals surface area (Å²) in [5.74, 6) is 0.422. The lowest BCUT2D eigenvalue weighted by Crippen LogP contribution is -2.25. The van der Waals surface area contributed by atoms with Crippen LogP contribution in [-0.4, -0.2) is 32.0 Å². The molecule has 3 rings (SSSR count). The van der Waals surface area contributed by atoms with E-state index in [0.717, 1.165) is 18.4 Å². The molecule has 0 aliphatic heterocycles. The zero-order valence-corrected chi connectivity index (χ0v) is 12.5. The summed E-state index contributed by atoms with van der Waals surface area (Å²) in [6, 6.07) is 7.00. The number of aromatic nitrogens is 4. The number of carbonyl (C=O) groups excluding carboxylic acids is 1. The van der Waals surface area contributed by atoms with Crippen molar-refractivity contribution >= 4 is 23.3 Å². The number of nitrogens with one attached hydrogen (secondary N) is 1. The van der Waals surface area contributed by atoms with Gasteiger partial charge in [0.2, 0.25) is 0 Å². The first-order valence-electron chi connectivity index (χ1n) is 6.91. The maximum atomic E-state index is 12.0. The van der Waals surface area contributed by atoms with Crippen LogP contribution in [-0.2, 0) is 6.42 Å². The first-order chi connectivity index (χ1) is 10.7. The molecular formula is C15H14ClN5O. The topological polar surface area (TPSA) is 72.2 Å². The van der Waals surface area contributed by atoms with Crippen molar-refractivity contribution in [1.29, 1.82) is 0 Å². The lowest BCUT2D eigenvalue weighted by Gasteiger charge is -2.06. The number of rotatable bonds is 5. The fraction of sp³-hybridized carbons (Fsp3) is 0.200. The number of fused-ring (bicyclic) bond motifs is 1. The van der Waals surface area contributed by atoms with Crippen LogP contribution in [0.3, 0.4) is 0 Å². The highest BCUT2D eigenvalue weighted by molar-refractivity contribution is 6.33. The second kappa shape index (κ2) is 6.53. The van der Waals surface area contributed by atoms with E-state index in [2.05, 4.69) is 20.4 Å². The van der Waals surface area contributed by atoms with Crippen LogP contribution in [0.1, 0.15) is 22.3 Å². The number of nitrogens with zero attached hydrogens (tertiary/aromatic N) is 4. The fourth-order valence-corrected chi connectivity index (χ4v) is 2.34. The number of halogens is 1. The second-order valence-electron chi connectivity index (χ2n) is 4.81. The van der Waals surface area contributed by atoms with E-state index >= 15 is 0 Å². The van der Waals surface area contributed by atoms with Crippen molar-refractivity contribution in [2.24, 2.45) is 0 Å². The van der Waals surface area contributed by atoms with Crippen LogP contribution in [0.5, 0.6) is 0 Å². The normalized spacial score (nSPS) is 10.8. The Morgan fingerprint density at radius 1 is 1.27 bits per heavy atom. The Bertz CT molecular complexity index is 801. The van der Waals surface area contributed by atoms with Crippen LogP contribution in [0.25, 0.3) is 5.78 Å². The standard InChI is InChI=1S/C15H14ClN5O/c16-13-6-2-1-5-12(13)14(22)17-7-3-4-11-8-18-15-19-10-20-21(15)9-11/h1-2,5-6,8-10H,3-4,7H2,(H,17,22). The van der Waals surface area contributed by atoms with Crippen molar-refractivity contribution < 1.29 is 4.79 Å². The Labute approximate surface area is 132 Å². The summed E-state index contributed by atoms with van der Waals surface area (Å²) >= 11 is 5.99. The van der Waals surface area contributed by atoms with E-state index in [0.29, 0.717) is 22.9 Å². The molecule has 0 atom stereocenters. The Kier molecular flexibility index (Phi) is 4.29. The zero-order chi connectivity index (χ0) is 15.4. The molecule has 0 spiro atoms. The third-order valence-electron chi connectivity index (χ3n) is 3.23. The molecule has 0 aliphatic carbocycles. The number of carbonyl (C=O) groups is 1. The van der Waals surface area contributed by atoms with Crippen LogP contribution < -0.4 is 5.32 Å². The van der Waals surface area contributed by atoms with Crippen LogP contribution >= 0.6 is 11.6 Å². The largest absolute Gasteiger partial charge is 0.352 e. The molecule has 0 radical (unpaired) electrons. The highest BCUT2D eigenvalue weighted by Gasteiger charge is 2.08. The van der Waals surface area contributed by atoms with Crippen LogP contribution in [0.15, 0.2) is 43.0 Å². The van der Waals surface area contributed by atoms with Crippen molar-refractivity contribution in [2.75, 3.05) is 6.54 Å². The van der Waals surface area contributed by atoms with Gasteiger partial charge in [-0.1, -0.05) is 23.7 Å². The zero-order valence-electron chi connectivity index (χ0n) is 11.7. The van der Waals surface area contributed by atoms with Crippen LogP contribution in [0.4, 0.5) is 0 Å². The number of amides is 1. The molecule has 112 valence electrons. The van der Waals surface area contributed by atoms with Crippen molar-refractivity contribution in [3.8, 4) is 0 Å². The maximum absolute atomic E-state index is 12.0. The van der Waals surface area contributed by atoms with E-state index < -0.39 is 0 Å². The average molecular weight is 316 g/mol. The number of hydrogen-bond acceptors (Lipinski definition) is 4. The molecule has 0 aliphatic rings. The molecule has 1 aromatic carbocycles. The van der Waals surface area contributed by atoms with Gasteiger partial charge in [-0.05, 0) is 30.5 Å². The van der Waals surface area contributed by atoms with Crippen LogP contribution in [0.2, 0.25) is 5.02 Å². The van der Waals surface area contributed by atoms with Crippen LogP contribution in [0, 0.1) is 0 Å². The minimum absolute atomic E-state index is 0.157. The minimum atomic E-state index is -0.157. The first kappa shape index (κ1) is 14.5. The van der Waals surface area contributed by atoms with Crippen molar-refractivity contribution in [3.05, 3.63) is 59.1 Å². The lowest BCUT2D eigenvalue weighted by molar-refractivity contribution is 0.0953. The molecule has 1 amide bonds. The van der Waals surface area contributed by atoms with Crippen molar-refractivity contribution in [1.82, 2.24) is 24.9 Å². The van der Waals surface area contributed by atoms with E-state index in [1.54, 1.807) is 35.0 Å². The molecule has 0 fully saturated rings. The summed E-state index contributed by atoms with van der Waals surface area (Å²) in [4.78, 5) is 20.2. The molecule has 2 heterocycles. The van der Waals surface area contributed by atoms with Gasteiger partial charge in [-0.25, -0.2) is 9.50 Å². The van der Waals surface area contributed by atoms with Gasteiger partial charge >= 0.3 is 0 Å². The van der Waals surface area contributed by atoms with E-state index in [9.17, 15) is 4.79 Å². The van der Waals surface area contributed by atoms with E-state index in [1.165, 1.54) is 6.33 Å². The predicted molar refractivity (Wildman–Crippen MR) is 82.9 cm³/mol. The second-order valence-corrected chi connectivity index (χ2v) is 5.21. The van der Waals surface area contributed by atoms with Gasteiger partial charge in [0.25, 0.3) is 11.7 Å². The van der Waals surface area contributed by atoms with E-state index in [4.69, 9.17) is 11.6 Å². The Morgan fingerprint density at radius 3 is 3.00 bits per heavy atom.